The molecule has 4 heteroatoms. The predicted octanol–water partition coefficient (Wildman–Crippen LogP) is 6.06. The highest BCUT2D eigenvalue weighted by molar-refractivity contribution is 5.86. The second-order valence-electron chi connectivity index (χ2n) is 8.52. The van der Waals surface area contributed by atoms with Crippen LogP contribution in [0.3, 0.4) is 0 Å². The van der Waals surface area contributed by atoms with Gasteiger partial charge >= 0.3 is 5.97 Å². The highest BCUT2D eigenvalue weighted by Gasteiger charge is 2.38. The molecular formula is C29H27NO3. The van der Waals surface area contributed by atoms with Gasteiger partial charge in [-0.05, 0) is 40.8 Å². The first kappa shape index (κ1) is 21.2. The van der Waals surface area contributed by atoms with Gasteiger partial charge in [0.15, 0.2) is 0 Å². The minimum atomic E-state index is -0.763. The predicted molar refractivity (Wildman–Crippen MR) is 130 cm³/mol. The van der Waals surface area contributed by atoms with E-state index in [0.717, 1.165) is 46.2 Å². The molecule has 0 spiro atoms. The lowest BCUT2D eigenvalue weighted by molar-refractivity contribution is -0.142. The minimum absolute atomic E-state index is 0.216. The maximum Gasteiger partial charge on any atom is 0.320 e. The zero-order valence-electron chi connectivity index (χ0n) is 18.4. The van der Waals surface area contributed by atoms with Crippen molar-refractivity contribution in [3.05, 3.63) is 114 Å². The molecule has 33 heavy (non-hydrogen) atoms. The van der Waals surface area contributed by atoms with Gasteiger partial charge in [0.1, 0.15) is 18.4 Å². The van der Waals surface area contributed by atoms with E-state index in [-0.39, 0.29) is 6.04 Å². The Labute approximate surface area is 194 Å². The highest BCUT2D eigenvalue weighted by Crippen LogP contribution is 2.41. The van der Waals surface area contributed by atoms with E-state index in [1.54, 1.807) is 0 Å². The van der Waals surface area contributed by atoms with Crippen LogP contribution in [-0.2, 0) is 11.4 Å². The number of benzene rings is 4. The average molecular weight is 438 g/mol. The molecule has 1 aliphatic rings. The van der Waals surface area contributed by atoms with Crippen LogP contribution in [0.15, 0.2) is 97.1 Å². The number of ether oxygens (including phenoxy) is 1. The molecule has 4 nitrogen and oxygen atoms in total. The largest absolute Gasteiger partial charge is 0.489 e. The number of aliphatic carboxylic acids is 1. The lowest BCUT2D eigenvalue weighted by Crippen LogP contribution is -2.39. The normalized spacial score (nSPS) is 17.2. The monoisotopic (exact) mass is 437 g/mol. The fraction of sp³-hybridized carbons (Fsp3) is 0.207. The standard InChI is InChI=1S/C29H27NO3/c31-29(32)26-17-9-19-30(26)28(24-16-8-13-22-12-4-5-14-23(22)24)25-15-6-7-18-27(25)33-20-21-10-2-1-3-11-21/h1-8,10-16,18,26,28H,9,17,19-20H2,(H,31,32). The van der Waals surface area contributed by atoms with E-state index in [0.29, 0.717) is 13.0 Å². The topological polar surface area (TPSA) is 49.8 Å². The summed E-state index contributed by atoms with van der Waals surface area (Å²) in [5, 5.41) is 12.3. The van der Waals surface area contributed by atoms with Gasteiger partial charge < -0.3 is 9.84 Å². The molecule has 0 aromatic heterocycles. The van der Waals surface area contributed by atoms with Gasteiger partial charge in [-0.3, -0.25) is 9.69 Å². The van der Waals surface area contributed by atoms with Crippen LogP contribution in [0.4, 0.5) is 0 Å². The molecule has 0 amide bonds. The van der Waals surface area contributed by atoms with Crippen molar-refractivity contribution in [3.8, 4) is 5.75 Å². The van der Waals surface area contributed by atoms with Crippen LogP contribution in [-0.4, -0.2) is 28.6 Å². The molecule has 1 aliphatic heterocycles. The number of fused-ring (bicyclic) bond motifs is 1. The summed E-state index contributed by atoms with van der Waals surface area (Å²) in [5.41, 5.74) is 3.20. The number of hydrogen-bond donors (Lipinski definition) is 1. The van der Waals surface area contributed by atoms with Gasteiger partial charge in [0, 0.05) is 12.1 Å². The molecule has 1 heterocycles. The first-order valence-electron chi connectivity index (χ1n) is 11.4. The average Bonchev–Trinajstić information content (AvgIpc) is 3.34. The fourth-order valence-corrected chi connectivity index (χ4v) is 4.95. The highest BCUT2D eigenvalue weighted by atomic mass is 16.5. The van der Waals surface area contributed by atoms with Gasteiger partial charge in [0.05, 0.1) is 6.04 Å². The molecule has 1 N–H and O–H groups in total. The molecule has 4 aromatic rings. The molecule has 2 unspecified atom stereocenters. The summed E-state index contributed by atoms with van der Waals surface area (Å²) >= 11 is 0. The van der Waals surface area contributed by atoms with Crippen molar-refractivity contribution in [1.82, 2.24) is 4.90 Å². The van der Waals surface area contributed by atoms with E-state index in [1.807, 2.05) is 60.7 Å². The fourth-order valence-electron chi connectivity index (χ4n) is 4.95. The zero-order valence-corrected chi connectivity index (χ0v) is 18.4. The zero-order chi connectivity index (χ0) is 22.6. The van der Waals surface area contributed by atoms with Crippen LogP contribution in [0.1, 0.15) is 35.6 Å². The van der Waals surface area contributed by atoms with Crippen molar-refractivity contribution in [2.24, 2.45) is 0 Å². The molecule has 0 saturated carbocycles. The summed E-state index contributed by atoms with van der Waals surface area (Å²) in [6, 6.07) is 32.0. The Bertz CT molecular complexity index is 1250. The summed E-state index contributed by atoms with van der Waals surface area (Å²) in [7, 11) is 0. The van der Waals surface area contributed by atoms with Gasteiger partial charge in [-0.15, -0.1) is 0 Å². The van der Waals surface area contributed by atoms with Crippen LogP contribution in [0, 0.1) is 0 Å². The van der Waals surface area contributed by atoms with Crippen molar-refractivity contribution in [1.29, 1.82) is 0 Å². The molecule has 1 fully saturated rings. The Morgan fingerprint density at radius 1 is 0.879 bits per heavy atom. The Balaban J connectivity index is 1.62. The minimum Gasteiger partial charge on any atom is -0.489 e. The Hall–Kier alpha value is -3.63. The third-order valence-electron chi connectivity index (χ3n) is 6.48. The number of para-hydroxylation sites is 1. The van der Waals surface area contributed by atoms with Crippen molar-refractivity contribution < 1.29 is 14.6 Å². The van der Waals surface area contributed by atoms with E-state index >= 15 is 0 Å². The number of rotatable bonds is 7. The number of carboxylic acids is 1. The van der Waals surface area contributed by atoms with E-state index in [4.69, 9.17) is 4.74 Å². The first-order chi connectivity index (χ1) is 16.2. The van der Waals surface area contributed by atoms with Gasteiger partial charge in [-0.2, -0.15) is 0 Å². The van der Waals surface area contributed by atoms with E-state index in [9.17, 15) is 9.90 Å². The third kappa shape index (κ3) is 4.35. The molecule has 0 aliphatic carbocycles. The van der Waals surface area contributed by atoms with Crippen LogP contribution < -0.4 is 4.74 Å². The summed E-state index contributed by atoms with van der Waals surface area (Å²) in [4.78, 5) is 14.3. The summed E-state index contributed by atoms with van der Waals surface area (Å²) < 4.78 is 6.32. The lowest BCUT2D eigenvalue weighted by Gasteiger charge is -2.33. The molecular weight excluding hydrogens is 410 g/mol. The SMILES string of the molecule is O=C(O)C1CCCN1C(c1ccccc1OCc1ccccc1)c1cccc2ccccc12. The Morgan fingerprint density at radius 3 is 2.42 bits per heavy atom. The molecule has 1 saturated heterocycles. The number of likely N-dealkylation sites (tertiary alicyclic amines) is 1. The van der Waals surface area contributed by atoms with Gasteiger partial charge in [0.2, 0.25) is 0 Å². The van der Waals surface area contributed by atoms with Crippen molar-refractivity contribution >= 4 is 16.7 Å². The number of carboxylic acid groups (broad SMARTS) is 1. The quantitative estimate of drug-likeness (QED) is 0.382. The maximum absolute atomic E-state index is 12.2. The molecule has 0 radical (unpaired) electrons. The lowest BCUT2D eigenvalue weighted by atomic mass is 9.91. The van der Waals surface area contributed by atoms with Crippen molar-refractivity contribution in [2.75, 3.05) is 6.54 Å². The van der Waals surface area contributed by atoms with Crippen LogP contribution in [0.5, 0.6) is 5.75 Å². The van der Waals surface area contributed by atoms with Crippen LogP contribution in [0.2, 0.25) is 0 Å². The Kier molecular flexibility index (Phi) is 6.09. The van der Waals surface area contributed by atoms with Crippen LogP contribution >= 0.6 is 0 Å². The van der Waals surface area contributed by atoms with Crippen LogP contribution in [0.25, 0.3) is 10.8 Å². The van der Waals surface area contributed by atoms with Gasteiger partial charge in [-0.1, -0.05) is 91.0 Å². The smallest absolute Gasteiger partial charge is 0.320 e. The van der Waals surface area contributed by atoms with Gasteiger partial charge in [-0.25, -0.2) is 0 Å². The summed E-state index contributed by atoms with van der Waals surface area (Å²) in [6.45, 7) is 1.19. The molecule has 5 rings (SSSR count). The number of nitrogens with zero attached hydrogens (tertiary/aromatic N) is 1. The van der Waals surface area contributed by atoms with Crippen molar-refractivity contribution in [3.63, 3.8) is 0 Å². The maximum atomic E-state index is 12.2. The van der Waals surface area contributed by atoms with Gasteiger partial charge in [0.25, 0.3) is 0 Å². The summed E-state index contributed by atoms with van der Waals surface area (Å²) in [5.74, 6) is 0.0238. The molecule has 0 bridgehead atoms. The van der Waals surface area contributed by atoms with E-state index < -0.39 is 12.0 Å². The van der Waals surface area contributed by atoms with E-state index in [2.05, 4.69) is 41.3 Å². The first-order valence-corrected chi connectivity index (χ1v) is 11.4. The summed E-state index contributed by atoms with van der Waals surface area (Å²) in [6.07, 6.45) is 1.52. The van der Waals surface area contributed by atoms with E-state index in [1.165, 1.54) is 0 Å². The molecule has 2 atom stereocenters. The second-order valence-corrected chi connectivity index (χ2v) is 8.52. The number of hydrogen-bond acceptors (Lipinski definition) is 3. The number of carbonyl (C=O) groups is 1. The Morgan fingerprint density at radius 2 is 1.58 bits per heavy atom. The second kappa shape index (κ2) is 9.47. The third-order valence-corrected chi connectivity index (χ3v) is 6.48. The molecule has 166 valence electrons. The van der Waals surface area contributed by atoms with Crippen molar-refractivity contribution in [2.45, 2.75) is 31.5 Å². The molecule has 4 aromatic carbocycles.